The standard InChI is InChI=1S/C11H14N4O5/c1-19-10-6-9(12-3-13-10)15(4-14-6)11-8(18)7(17)5(2-16)20-11/h3-5,7-8,11,16-18H,2H2,1H3/t5-,7-,8+,11?/m1/s1. The molecule has 0 amide bonds. The lowest BCUT2D eigenvalue weighted by Gasteiger charge is -2.16. The van der Waals surface area contributed by atoms with Crippen LogP contribution in [-0.2, 0) is 4.74 Å². The summed E-state index contributed by atoms with van der Waals surface area (Å²) < 4.78 is 12.0. The van der Waals surface area contributed by atoms with Gasteiger partial charge in [-0.15, -0.1) is 0 Å². The Morgan fingerprint density at radius 2 is 2.10 bits per heavy atom. The fourth-order valence-electron chi connectivity index (χ4n) is 2.28. The molecule has 1 saturated heterocycles. The molecule has 0 radical (unpaired) electrons. The molecule has 1 aliphatic heterocycles. The van der Waals surface area contributed by atoms with Crippen molar-refractivity contribution in [3.05, 3.63) is 12.7 Å². The molecular formula is C11H14N4O5. The van der Waals surface area contributed by atoms with Crippen LogP contribution in [0.15, 0.2) is 12.7 Å². The molecule has 1 fully saturated rings. The molecule has 4 atom stereocenters. The number of imidazole rings is 1. The van der Waals surface area contributed by atoms with E-state index in [1.807, 2.05) is 0 Å². The minimum atomic E-state index is -1.19. The molecule has 0 aromatic carbocycles. The van der Waals surface area contributed by atoms with Crippen LogP contribution < -0.4 is 4.74 Å². The summed E-state index contributed by atoms with van der Waals surface area (Å²) in [6.45, 7) is -0.389. The molecule has 108 valence electrons. The van der Waals surface area contributed by atoms with E-state index in [4.69, 9.17) is 14.6 Å². The zero-order valence-corrected chi connectivity index (χ0v) is 10.6. The number of methoxy groups -OCH3 is 1. The number of rotatable bonds is 3. The minimum absolute atomic E-state index is 0.306. The normalized spacial score (nSPS) is 30.0. The van der Waals surface area contributed by atoms with Gasteiger partial charge in [-0.2, -0.15) is 4.98 Å². The maximum Gasteiger partial charge on any atom is 0.245 e. The van der Waals surface area contributed by atoms with Gasteiger partial charge >= 0.3 is 0 Å². The van der Waals surface area contributed by atoms with Crippen molar-refractivity contribution in [2.45, 2.75) is 24.5 Å². The van der Waals surface area contributed by atoms with Gasteiger partial charge in [0.1, 0.15) is 24.6 Å². The summed E-state index contributed by atoms with van der Waals surface area (Å²) in [6, 6.07) is 0. The van der Waals surface area contributed by atoms with E-state index in [1.165, 1.54) is 24.3 Å². The fourth-order valence-corrected chi connectivity index (χ4v) is 2.28. The Balaban J connectivity index is 2.03. The van der Waals surface area contributed by atoms with Crippen molar-refractivity contribution in [3.8, 4) is 5.88 Å². The highest BCUT2D eigenvalue weighted by Crippen LogP contribution is 2.32. The number of aliphatic hydroxyl groups is 3. The van der Waals surface area contributed by atoms with Crippen molar-refractivity contribution in [2.24, 2.45) is 0 Å². The number of aromatic nitrogens is 4. The first-order chi connectivity index (χ1) is 9.67. The first kappa shape index (κ1) is 13.2. The number of hydrogen-bond acceptors (Lipinski definition) is 8. The lowest BCUT2D eigenvalue weighted by molar-refractivity contribution is -0.0511. The third kappa shape index (κ3) is 1.83. The summed E-state index contributed by atoms with van der Waals surface area (Å²) in [4.78, 5) is 12.1. The van der Waals surface area contributed by atoms with Crippen LogP contribution in [0.2, 0.25) is 0 Å². The minimum Gasteiger partial charge on any atom is -0.479 e. The molecule has 3 N–H and O–H groups in total. The Hall–Kier alpha value is -1.81. The van der Waals surface area contributed by atoms with Crippen LogP contribution in [0.4, 0.5) is 0 Å². The highest BCUT2D eigenvalue weighted by Gasteiger charge is 2.44. The first-order valence-corrected chi connectivity index (χ1v) is 6.01. The second-order valence-corrected chi connectivity index (χ2v) is 4.44. The Kier molecular flexibility index (Phi) is 3.26. The van der Waals surface area contributed by atoms with Crippen LogP contribution in [0.3, 0.4) is 0 Å². The van der Waals surface area contributed by atoms with E-state index in [0.717, 1.165) is 0 Å². The van der Waals surface area contributed by atoms with Gasteiger partial charge in [-0.3, -0.25) is 4.57 Å². The Morgan fingerprint density at radius 3 is 2.75 bits per heavy atom. The van der Waals surface area contributed by atoms with Crippen LogP contribution >= 0.6 is 0 Å². The van der Waals surface area contributed by atoms with Gasteiger partial charge < -0.3 is 24.8 Å². The summed E-state index contributed by atoms with van der Waals surface area (Å²) in [5.41, 5.74) is 0.833. The van der Waals surface area contributed by atoms with Crippen molar-refractivity contribution < 1.29 is 24.8 Å². The van der Waals surface area contributed by atoms with Crippen LogP contribution in [0.5, 0.6) is 5.88 Å². The second-order valence-electron chi connectivity index (χ2n) is 4.44. The third-order valence-corrected chi connectivity index (χ3v) is 3.31. The van der Waals surface area contributed by atoms with Crippen molar-refractivity contribution in [1.82, 2.24) is 19.5 Å². The van der Waals surface area contributed by atoms with Crippen molar-refractivity contribution in [1.29, 1.82) is 0 Å². The SMILES string of the molecule is COc1ncnc2c1ncn2C1O[C@H](CO)[C@@H](O)[C@@H]1O. The number of fused-ring (bicyclic) bond motifs is 1. The molecule has 9 nitrogen and oxygen atoms in total. The van der Waals surface area contributed by atoms with E-state index in [9.17, 15) is 10.2 Å². The number of nitrogens with zero attached hydrogens (tertiary/aromatic N) is 4. The molecule has 3 rings (SSSR count). The smallest absolute Gasteiger partial charge is 0.245 e. The number of hydrogen-bond donors (Lipinski definition) is 3. The van der Waals surface area contributed by atoms with Gasteiger partial charge in [-0.05, 0) is 0 Å². The topological polar surface area (TPSA) is 123 Å². The summed E-state index contributed by atoms with van der Waals surface area (Å²) in [5.74, 6) is 0.306. The Labute approximate surface area is 113 Å². The van der Waals surface area contributed by atoms with E-state index in [2.05, 4.69) is 15.0 Å². The van der Waals surface area contributed by atoms with Gasteiger partial charge in [-0.25, -0.2) is 9.97 Å². The summed E-state index contributed by atoms with van der Waals surface area (Å²) in [6.07, 6.45) is -1.37. The fraction of sp³-hybridized carbons (Fsp3) is 0.545. The predicted octanol–water partition coefficient (Wildman–Crippen LogP) is -1.55. The average molecular weight is 282 g/mol. The first-order valence-electron chi connectivity index (χ1n) is 6.01. The largest absolute Gasteiger partial charge is 0.479 e. The van der Waals surface area contributed by atoms with E-state index in [1.54, 1.807) is 0 Å². The highest BCUT2D eigenvalue weighted by atomic mass is 16.6. The van der Waals surface area contributed by atoms with E-state index in [0.29, 0.717) is 17.0 Å². The molecule has 0 bridgehead atoms. The van der Waals surface area contributed by atoms with Crippen molar-refractivity contribution in [3.63, 3.8) is 0 Å². The molecule has 1 aliphatic rings. The predicted molar refractivity (Wildman–Crippen MR) is 64.9 cm³/mol. The monoisotopic (exact) mass is 282 g/mol. The zero-order valence-electron chi connectivity index (χ0n) is 10.6. The lowest BCUT2D eigenvalue weighted by Crippen LogP contribution is -2.33. The molecule has 2 aromatic rings. The zero-order chi connectivity index (χ0) is 14.3. The number of ether oxygens (including phenoxy) is 2. The maximum atomic E-state index is 10.0. The summed E-state index contributed by atoms with van der Waals surface area (Å²) in [5, 5.41) is 28.9. The molecule has 2 aromatic heterocycles. The van der Waals surface area contributed by atoms with Gasteiger partial charge in [0.05, 0.1) is 20.0 Å². The third-order valence-electron chi connectivity index (χ3n) is 3.31. The molecule has 3 heterocycles. The van der Waals surface area contributed by atoms with Crippen LogP contribution in [0.25, 0.3) is 11.2 Å². The van der Waals surface area contributed by atoms with Crippen LogP contribution in [0, 0.1) is 0 Å². The molecular weight excluding hydrogens is 268 g/mol. The van der Waals surface area contributed by atoms with Crippen LogP contribution in [0.1, 0.15) is 6.23 Å². The van der Waals surface area contributed by atoms with E-state index < -0.39 is 24.5 Å². The van der Waals surface area contributed by atoms with Gasteiger partial charge in [0.25, 0.3) is 0 Å². The van der Waals surface area contributed by atoms with Crippen LogP contribution in [-0.4, -0.2) is 66.9 Å². The average Bonchev–Trinajstić information content (AvgIpc) is 3.01. The summed E-state index contributed by atoms with van der Waals surface area (Å²) in [7, 11) is 1.47. The van der Waals surface area contributed by atoms with Gasteiger partial charge in [-0.1, -0.05) is 0 Å². The number of aliphatic hydroxyl groups excluding tert-OH is 3. The quantitative estimate of drug-likeness (QED) is 0.618. The lowest BCUT2D eigenvalue weighted by atomic mass is 10.1. The van der Waals surface area contributed by atoms with E-state index in [-0.39, 0.29) is 6.61 Å². The maximum absolute atomic E-state index is 10.0. The van der Waals surface area contributed by atoms with E-state index >= 15 is 0 Å². The molecule has 1 unspecified atom stereocenters. The molecule has 9 heteroatoms. The highest BCUT2D eigenvalue weighted by molar-refractivity contribution is 5.76. The molecule has 20 heavy (non-hydrogen) atoms. The summed E-state index contributed by atoms with van der Waals surface area (Å²) >= 11 is 0. The van der Waals surface area contributed by atoms with Crippen molar-refractivity contribution >= 4 is 11.2 Å². The van der Waals surface area contributed by atoms with Gasteiger partial charge in [0, 0.05) is 0 Å². The Morgan fingerprint density at radius 1 is 1.30 bits per heavy atom. The molecule has 0 aliphatic carbocycles. The molecule has 0 saturated carbocycles. The molecule has 0 spiro atoms. The van der Waals surface area contributed by atoms with Crippen molar-refractivity contribution in [2.75, 3.05) is 13.7 Å². The van der Waals surface area contributed by atoms with Gasteiger partial charge in [0.15, 0.2) is 17.4 Å². The Bertz CT molecular complexity index is 618. The second kappa shape index (κ2) is 4.94. The van der Waals surface area contributed by atoms with Gasteiger partial charge in [0.2, 0.25) is 5.88 Å².